The average Bonchev–Trinajstić information content (AvgIpc) is 2.98. The molecule has 0 radical (unpaired) electrons. The van der Waals surface area contributed by atoms with Crippen LogP contribution in [-0.4, -0.2) is 61.9 Å². The lowest BCUT2D eigenvalue weighted by Crippen LogP contribution is -2.78. The topological polar surface area (TPSA) is 27.7 Å². The van der Waals surface area contributed by atoms with Crippen LogP contribution in [0.1, 0.15) is 57.8 Å². The Hall–Kier alpha value is -1.29. The minimum absolute atomic E-state index is 0.0730. The molecule has 0 bridgehead atoms. The fourth-order valence-electron chi connectivity index (χ4n) is 7.94. The Bertz CT molecular complexity index is 971. The predicted molar refractivity (Wildman–Crippen MR) is 168 cm³/mol. The van der Waals surface area contributed by atoms with Gasteiger partial charge < -0.3 is 14.2 Å². The SMILES string of the molecule is C=C[SiH](CC1([SiH](C)C)CCCCO1)C1(C2([SiH](c3ccccc3)c3ccccc3)CCCCO2)CCCCO1. The van der Waals surface area contributed by atoms with Crippen LogP contribution in [0.3, 0.4) is 0 Å². The lowest BCUT2D eigenvalue weighted by molar-refractivity contribution is -0.164. The van der Waals surface area contributed by atoms with Gasteiger partial charge in [0.15, 0.2) is 0 Å². The van der Waals surface area contributed by atoms with Gasteiger partial charge in [0.1, 0.15) is 17.6 Å². The molecule has 0 spiro atoms. The van der Waals surface area contributed by atoms with Crippen molar-refractivity contribution in [1.82, 2.24) is 0 Å². The highest BCUT2D eigenvalue weighted by molar-refractivity contribution is 6.89. The summed E-state index contributed by atoms with van der Waals surface area (Å²) < 4.78 is 21.5. The zero-order valence-corrected chi connectivity index (χ0v) is 27.2. The van der Waals surface area contributed by atoms with Crippen LogP contribution in [0, 0.1) is 0 Å². The van der Waals surface area contributed by atoms with E-state index in [0.29, 0.717) is 0 Å². The summed E-state index contributed by atoms with van der Waals surface area (Å²) in [7, 11) is -4.65. The summed E-state index contributed by atoms with van der Waals surface area (Å²) in [4.78, 5) is 0. The van der Waals surface area contributed by atoms with E-state index in [1.165, 1.54) is 42.5 Å². The molecule has 3 saturated heterocycles. The van der Waals surface area contributed by atoms with E-state index in [9.17, 15) is 0 Å². The van der Waals surface area contributed by atoms with E-state index in [-0.39, 0.29) is 15.7 Å². The fraction of sp³-hybridized carbons (Fsp3) is 0.562. The molecular formula is C32H48O3Si3. The van der Waals surface area contributed by atoms with Gasteiger partial charge in [0.05, 0.1) is 24.5 Å². The van der Waals surface area contributed by atoms with Gasteiger partial charge >= 0.3 is 0 Å². The van der Waals surface area contributed by atoms with Crippen LogP contribution in [0.4, 0.5) is 0 Å². The van der Waals surface area contributed by atoms with Gasteiger partial charge in [-0.15, -0.1) is 12.3 Å². The van der Waals surface area contributed by atoms with Crippen molar-refractivity contribution >= 4 is 36.8 Å². The Balaban J connectivity index is 1.68. The quantitative estimate of drug-likeness (QED) is 0.406. The van der Waals surface area contributed by atoms with Crippen molar-refractivity contribution in [2.45, 2.75) is 92.6 Å². The van der Waals surface area contributed by atoms with Crippen molar-refractivity contribution < 1.29 is 14.2 Å². The molecule has 3 heterocycles. The summed E-state index contributed by atoms with van der Waals surface area (Å²) in [5.41, 5.74) is 2.39. The smallest absolute Gasteiger partial charge is 0.141 e. The Kier molecular flexibility index (Phi) is 9.28. The Labute approximate surface area is 235 Å². The van der Waals surface area contributed by atoms with Gasteiger partial charge in [0.25, 0.3) is 0 Å². The molecule has 2 aromatic carbocycles. The summed E-state index contributed by atoms with van der Waals surface area (Å²) in [6.07, 6.45) is 10.7. The average molecular weight is 565 g/mol. The first-order chi connectivity index (χ1) is 18.6. The normalized spacial score (nSPS) is 31.3. The van der Waals surface area contributed by atoms with Crippen molar-refractivity contribution in [2.75, 3.05) is 19.8 Å². The summed E-state index contributed by atoms with van der Waals surface area (Å²) in [6, 6.07) is 23.9. The molecule has 3 nitrogen and oxygen atoms in total. The first-order valence-electron chi connectivity index (χ1n) is 15.2. The number of hydrogen-bond donors (Lipinski definition) is 0. The maximum absolute atomic E-state index is 7.34. The van der Waals surface area contributed by atoms with Crippen LogP contribution in [0.25, 0.3) is 0 Å². The Morgan fingerprint density at radius 3 is 1.61 bits per heavy atom. The molecule has 38 heavy (non-hydrogen) atoms. The number of ether oxygens (including phenoxy) is 3. The molecule has 4 unspecified atom stereocenters. The summed E-state index contributed by atoms with van der Waals surface area (Å²) >= 11 is 0. The van der Waals surface area contributed by atoms with Gasteiger partial charge in [-0.1, -0.05) is 84.1 Å². The summed E-state index contributed by atoms with van der Waals surface area (Å²) in [6.45, 7) is 12.2. The number of benzene rings is 2. The maximum Gasteiger partial charge on any atom is 0.141 e. The molecule has 206 valence electrons. The van der Waals surface area contributed by atoms with E-state index in [1.54, 1.807) is 0 Å². The minimum atomic E-state index is -1.87. The van der Waals surface area contributed by atoms with Crippen molar-refractivity contribution in [3.8, 4) is 0 Å². The third kappa shape index (κ3) is 5.25. The second kappa shape index (κ2) is 12.5. The van der Waals surface area contributed by atoms with E-state index in [0.717, 1.165) is 51.5 Å². The highest BCUT2D eigenvalue weighted by Gasteiger charge is 2.63. The van der Waals surface area contributed by atoms with Gasteiger partial charge in [-0.3, -0.25) is 0 Å². The number of rotatable bonds is 9. The van der Waals surface area contributed by atoms with Crippen LogP contribution in [0.5, 0.6) is 0 Å². The zero-order valence-electron chi connectivity index (χ0n) is 23.7. The molecule has 0 aromatic heterocycles. The number of hydrogen-bond acceptors (Lipinski definition) is 3. The minimum Gasteiger partial charge on any atom is -0.379 e. The molecule has 4 atom stereocenters. The molecule has 5 rings (SSSR count). The van der Waals surface area contributed by atoms with Crippen molar-refractivity contribution in [1.29, 1.82) is 0 Å². The van der Waals surface area contributed by atoms with Gasteiger partial charge in [-0.2, -0.15) is 0 Å². The van der Waals surface area contributed by atoms with E-state index in [4.69, 9.17) is 14.2 Å². The molecule has 6 heteroatoms. The molecule has 3 aliphatic heterocycles. The Morgan fingerprint density at radius 2 is 1.18 bits per heavy atom. The van der Waals surface area contributed by atoms with Gasteiger partial charge in [0, 0.05) is 19.8 Å². The van der Waals surface area contributed by atoms with Crippen LogP contribution < -0.4 is 10.4 Å². The van der Waals surface area contributed by atoms with Crippen molar-refractivity contribution in [3.05, 3.63) is 72.9 Å². The Morgan fingerprint density at radius 1 is 0.684 bits per heavy atom. The van der Waals surface area contributed by atoms with Crippen LogP contribution in [0.2, 0.25) is 19.1 Å². The molecule has 2 aromatic rings. The largest absolute Gasteiger partial charge is 0.379 e. The molecule has 0 N–H and O–H groups in total. The predicted octanol–water partition coefficient (Wildman–Crippen LogP) is 4.90. The highest BCUT2D eigenvalue weighted by Crippen LogP contribution is 2.49. The van der Waals surface area contributed by atoms with E-state index in [1.807, 2.05) is 0 Å². The second-order valence-corrected chi connectivity index (χ2v) is 21.7. The van der Waals surface area contributed by atoms with Crippen molar-refractivity contribution in [3.63, 3.8) is 0 Å². The molecule has 0 aliphatic carbocycles. The maximum atomic E-state index is 7.34. The molecule has 3 aliphatic rings. The monoisotopic (exact) mass is 564 g/mol. The third-order valence-electron chi connectivity index (χ3n) is 9.94. The first-order valence-corrected chi connectivity index (χ1v) is 21.9. The van der Waals surface area contributed by atoms with Crippen LogP contribution in [-0.2, 0) is 14.2 Å². The van der Waals surface area contributed by atoms with Crippen LogP contribution in [0.15, 0.2) is 72.9 Å². The van der Waals surface area contributed by atoms with Gasteiger partial charge in [-0.25, -0.2) is 0 Å². The summed E-state index contributed by atoms with van der Waals surface area (Å²) in [5.74, 6) is 0. The first kappa shape index (κ1) is 28.2. The molecule has 0 saturated carbocycles. The van der Waals surface area contributed by atoms with Crippen LogP contribution >= 0.6 is 0 Å². The zero-order chi connectivity index (χ0) is 26.5. The molecule has 3 fully saturated rings. The lowest BCUT2D eigenvalue weighted by atomic mass is 9.96. The second-order valence-electron chi connectivity index (χ2n) is 12.2. The van der Waals surface area contributed by atoms with Crippen molar-refractivity contribution in [2.24, 2.45) is 0 Å². The highest BCUT2D eigenvalue weighted by atomic mass is 28.3. The third-order valence-corrected chi connectivity index (χ3v) is 21.4. The molecular weight excluding hydrogens is 517 g/mol. The lowest BCUT2D eigenvalue weighted by Gasteiger charge is -2.60. The van der Waals surface area contributed by atoms with E-state index < -0.39 is 26.4 Å². The van der Waals surface area contributed by atoms with E-state index in [2.05, 4.69) is 86.0 Å². The van der Waals surface area contributed by atoms with Gasteiger partial charge in [-0.05, 0) is 63.8 Å². The van der Waals surface area contributed by atoms with E-state index >= 15 is 0 Å². The summed E-state index contributed by atoms with van der Waals surface area (Å²) in [5, 5.41) is 2.52. The fourth-order valence-corrected chi connectivity index (χ4v) is 20.8. The molecule has 0 amide bonds. The van der Waals surface area contributed by atoms with Gasteiger partial charge in [0.2, 0.25) is 0 Å². The standard InChI is InChI=1S/C32H48O3Si3/c1-4-37(27-30(36(2)3)21-11-14-24-33-30)31(22-12-15-25-34-31)32(23-13-16-26-35-32)38(28-17-7-5-8-18-28)29-19-9-6-10-20-29/h4-10,17-20,36-38H,1,11-16,21-27H2,2-3H3.